The third-order valence-electron chi connectivity index (χ3n) is 1.91. The number of benzene rings is 1. The van der Waals surface area contributed by atoms with Crippen LogP contribution in [0.3, 0.4) is 0 Å². The number of hydrogen-bond acceptors (Lipinski definition) is 4. The fraction of sp³-hybridized carbons (Fsp3) is 0.200. The molecule has 0 radical (unpaired) electrons. The molecule has 0 saturated heterocycles. The number of aliphatic hydroxyl groups is 2. The van der Waals surface area contributed by atoms with E-state index in [0.717, 1.165) is 12.1 Å². The molecule has 0 bridgehead atoms. The van der Waals surface area contributed by atoms with Crippen molar-refractivity contribution in [2.75, 3.05) is 0 Å². The number of carbonyl (C=O) groups excluding carboxylic acids is 1. The summed E-state index contributed by atoms with van der Waals surface area (Å²) in [5.74, 6) is -0.832. The first-order valence-electron chi connectivity index (χ1n) is 4.10. The van der Waals surface area contributed by atoms with E-state index in [9.17, 15) is 14.3 Å². The molecule has 0 aliphatic carbocycles. The van der Waals surface area contributed by atoms with Crippen molar-refractivity contribution in [3.05, 3.63) is 35.1 Å². The molecule has 0 amide bonds. The van der Waals surface area contributed by atoms with Crippen molar-refractivity contribution >= 4 is 6.29 Å². The maximum atomic E-state index is 13.2. The van der Waals surface area contributed by atoms with Gasteiger partial charge < -0.3 is 10.2 Å². The number of carbonyl (C=O) groups is 1. The van der Waals surface area contributed by atoms with Crippen molar-refractivity contribution in [1.29, 1.82) is 5.26 Å². The SMILES string of the molecule is N#CC(O)C(O)c1ccc(C=O)cc1F. The highest BCUT2D eigenvalue weighted by Gasteiger charge is 2.21. The van der Waals surface area contributed by atoms with Crippen LogP contribution in [0.15, 0.2) is 18.2 Å². The fourth-order valence-corrected chi connectivity index (χ4v) is 1.10. The Hall–Kier alpha value is -1.77. The van der Waals surface area contributed by atoms with Gasteiger partial charge in [0, 0.05) is 11.1 Å². The van der Waals surface area contributed by atoms with Gasteiger partial charge in [-0.25, -0.2) is 4.39 Å². The van der Waals surface area contributed by atoms with Gasteiger partial charge in [0.05, 0.1) is 6.07 Å². The van der Waals surface area contributed by atoms with Gasteiger partial charge >= 0.3 is 0 Å². The van der Waals surface area contributed by atoms with Gasteiger partial charge in [0.1, 0.15) is 18.2 Å². The summed E-state index contributed by atoms with van der Waals surface area (Å²) in [5, 5.41) is 26.6. The highest BCUT2D eigenvalue weighted by molar-refractivity contribution is 5.74. The second kappa shape index (κ2) is 4.64. The lowest BCUT2D eigenvalue weighted by atomic mass is 10.0. The van der Waals surface area contributed by atoms with Crippen LogP contribution in [0.5, 0.6) is 0 Å². The summed E-state index contributed by atoms with van der Waals surface area (Å²) in [6, 6.07) is 4.76. The standard InChI is InChI=1S/C10H8FNO3/c11-8-3-6(5-13)1-2-7(8)10(15)9(14)4-12/h1-3,5,9-10,14-15H. The van der Waals surface area contributed by atoms with E-state index in [1.165, 1.54) is 12.1 Å². The normalized spacial score (nSPS) is 14.0. The zero-order chi connectivity index (χ0) is 11.4. The van der Waals surface area contributed by atoms with E-state index >= 15 is 0 Å². The summed E-state index contributed by atoms with van der Waals surface area (Å²) in [5.41, 5.74) is -0.0930. The Bertz CT molecular complexity index is 414. The summed E-state index contributed by atoms with van der Waals surface area (Å²) in [4.78, 5) is 10.3. The smallest absolute Gasteiger partial charge is 0.170 e. The second-order valence-corrected chi connectivity index (χ2v) is 2.92. The minimum absolute atomic E-state index is 0.120. The summed E-state index contributed by atoms with van der Waals surface area (Å²) >= 11 is 0. The molecule has 0 spiro atoms. The maximum Gasteiger partial charge on any atom is 0.170 e. The number of aldehydes is 1. The molecule has 0 saturated carbocycles. The molecule has 2 atom stereocenters. The van der Waals surface area contributed by atoms with Crippen molar-refractivity contribution in [3.63, 3.8) is 0 Å². The fourth-order valence-electron chi connectivity index (χ4n) is 1.10. The van der Waals surface area contributed by atoms with Crippen molar-refractivity contribution < 1.29 is 19.4 Å². The minimum Gasteiger partial charge on any atom is -0.384 e. The number of nitriles is 1. The largest absolute Gasteiger partial charge is 0.384 e. The van der Waals surface area contributed by atoms with E-state index in [-0.39, 0.29) is 11.1 Å². The third kappa shape index (κ3) is 2.37. The predicted octanol–water partition coefficient (Wildman–Crippen LogP) is 0.556. The summed E-state index contributed by atoms with van der Waals surface area (Å²) in [7, 11) is 0. The summed E-state index contributed by atoms with van der Waals surface area (Å²) in [6.45, 7) is 0. The topological polar surface area (TPSA) is 81.3 Å². The molecule has 0 aliphatic rings. The van der Waals surface area contributed by atoms with Gasteiger partial charge in [-0.15, -0.1) is 0 Å². The van der Waals surface area contributed by atoms with Crippen LogP contribution in [-0.4, -0.2) is 22.6 Å². The van der Waals surface area contributed by atoms with Gasteiger partial charge in [-0.3, -0.25) is 4.79 Å². The molecule has 0 aromatic heterocycles. The highest BCUT2D eigenvalue weighted by atomic mass is 19.1. The molecule has 1 aromatic rings. The number of aliphatic hydroxyl groups excluding tert-OH is 2. The summed E-state index contributed by atoms with van der Waals surface area (Å²) in [6.07, 6.45) is -2.85. The minimum atomic E-state index is -1.69. The first kappa shape index (κ1) is 11.3. The number of halogens is 1. The monoisotopic (exact) mass is 209 g/mol. The highest BCUT2D eigenvalue weighted by Crippen LogP contribution is 2.20. The quantitative estimate of drug-likeness (QED) is 0.562. The van der Waals surface area contributed by atoms with Crippen molar-refractivity contribution in [1.82, 2.24) is 0 Å². The third-order valence-corrected chi connectivity index (χ3v) is 1.91. The Morgan fingerprint density at radius 1 is 1.47 bits per heavy atom. The van der Waals surface area contributed by atoms with Crippen molar-refractivity contribution in [2.45, 2.75) is 12.2 Å². The van der Waals surface area contributed by atoms with Crippen LogP contribution in [-0.2, 0) is 0 Å². The van der Waals surface area contributed by atoms with E-state index in [1.54, 1.807) is 0 Å². The Balaban J connectivity index is 3.06. The number of hydrogen-bond donors (Lipinski definition) is 2. The lowest BCUT2D eigenvalue weighted by molar-refractivity contribution is 0.0503. The zero-order valence-corrected chi connectivity index (χ0v) is 7.59. The predicted molar refractivity (Wildman–Crippen MR) is 48.4 cm³/mol. The van der Waals surface area contributed by atoms with Crippen molar-refractivity contribution in [2.24, 2.45) is 0 Å². The van der Waals surface area contributed by atoms with Gasteiger partial charge in [0.15, 0.2) is 6.10 Å². The van der Waals surface area contributed by atoms with Crippen LogP contribution < -0.4 is 0 Å². The second-order valence-electron chi connectivity index (χ2n) is 2.92. The Kier molecular flexibility index (Phi) is 3.50. The maximum absolute atomic E-state index is 13.2. The molecular formula is C10H8FNO3. The first-order valence-corrected chi connectivity index (χ1v) is 4.10. The Morgan fingerprint density at radius 2 is 2.13 bits per heavy atom. The Labute approximate surface area is 85.2 Å². The number of nitrogens with zero attached hydrogens (tertiary/aromatic N) is 1. The van der Waals surface area contributed by atoms with E-state index in [2.05, 4.69) is 0 Å². The van der Waals surface area contributed by atoms with Crippen LogP contribution in [0.1, 0.15) is 22.0 Å². The molecule has 78 valence electrons. The van der Waals surface area contributed by atoms with Gasteiger partial charge in [-0.2, -0.15) is 5.26 Å². The Morgan fingerprint density at radius 3 is 2.60 bits per heavy atom. The molecule has 5 heteroatoms. The van der Waals surface area contributed by atoms with Gasteiger partial charge in [-0.1, -0.05) is 12.1 Å². The molecule has 4 nitrogen and oxygen atoms in total. The molecule has 15 heavy (non-hydrogen) atoms. The first-order chi connectivity index (χ1) is 7.10. The van der Waals surface area contributed by atoms with E-state index < -0.39 is 18.0 Å². The van der Waals surface area contributed by atoms with Crippen LogP contribution in [0.25, 0.3) is 0 Å². The van der Waals surface area contributed by atoms with E-state index in [4.69, 9.17) is 10.4 Å². The van der Waals surface area contributed by atoms with Gasteiger partial charge in [0.25, 0.3) is 0 Å². The van der Waals surface area contributed by atoms with Crippen molar-refractivity contribution in [3.8, 4) is 6.07 Å². The lowest BCUT2D eigenvalue weighted by Gasteiger charge is -2.12. The average molecular weight is 209 g/mol. The van der Waals surface area contributed by atoms with E-state index in [0.29, 0.717) is 6.29 Å². The van der Waals surface area contributed by atoms with Gasteiger partial charge in [0.2, 0.25) is 0 Å². The van der Waals surface area contributed by atoms with Crippen LogP contribution in [0.2, 0.25) is 0 Å². The molecular weight excluding hydrogens is 201 g/mol. The number of rotatable bonds is 3. The molecule has 0 fully saturated rings. The van der Waals surface area contributed by atoms with Gasteiger partial charge in [-0.05, 0) is 6.07 Å². The molecule has 0 heterocycles. The molecule has 1 aromatic carbocycles. The molecule has 2 unspecified atom stereocenters. The average Bonchev–Trinajstić information content (AvgIpc) is 2.26. The lowest BCUT2D eigenvalue weighted by Crippen LogP contribution is -2.17. The molecule has 0 aliphatic heterocycles. The van der Waals surface area contributed by atoms with Crippen LogP contribution in [0, 0.1) is 17.1 Å². The summed E-state index contributed by atoms with van der Waals surface area (Å²) < 4.78 is 13.2. The van der Waals surface area contributed by atoms with Crippen LogP contribution in [0.4, 0.5) is 4.39 Å². The molecule has 1 rings (SSSR count). The van der Waals surface area contributed by atoms with Crippen LogP contribution >= 0.6 is 0 Å². The zero-order valence-electron chi connectivity index (χ0n) is 7.59. The van der Waals surface area contributed by atoms with E-state index in [1.807, 2.05) is 0 Å². The molecule has 2 N–H and O–H groups in total.